The summed E-state index contributed by atoms with van der Waals surface area (Å²) in [5.74, 6) is 0. The maximum atomic E-state index is 10.7. The van der Waals surface area contributed by atoms with Gasteiger partial charge >= 0.3 is 0 Å². The van der Waals surface area contributed by atoms with Crippen LogP contribution in [0.3, 0.4) is 0 Å². The first-order valence-electron chi connectivity index (χ1n) is 3.94. The van der Waals surface area contributed by atoms with Gasteiger partial charge in [0.05, 0.1) is 4.75 Å². The first-order chi connectivity index (χ1) is 6.03. The Labute approximate surface area is 87.5 Å². The van der Waals surface area contributed by atoms with Crippen LogP contribution in [0.4, 0.5) is 0 Å². The molecule has 0 aliphatic heterocycles. The minimum Gasteiger partial charge on any atom is -0.302 e. The Kier molecular flexibility index (Phi) is 3.40. The number of benzene rings is 1. The molecule has 3 heteroatoms. The Morgan fingerprint density at radius 3 is 2.31 bits per heavy atom. The lowest BCUT2D eigenvalue weighted by Crippen LogP contribution is -2.15. The van der Waals surface area contributed by atoms with E-state index in [-0.39, 0.29) is 4.75 Å². The van der Waals surface area contributed by atoms with Crippen LogP contribution in [0.1, 0.15) is 13.8 Å². The molecule has 1 rings (SSSR count). The molecule has 0 aliphatic carbocycles. The minimum atomic E-state index is -0.367. The highest BCUT2D eigenvalue weighted by Crippen LogP contribution is 2.31. The van der Waals surface area contributed by atoms with Crippen molar-refractivity contribution in [2.24, 2.45) is 0 Å². The summed E-state index contributed by atoms with van der Waals surface area (Å²) >= 11 is 7.27. The van der Waals surface area contributed by atoms with E-state index in [4.69, 9.17) is 11.6 Å². The molecule has 0 aliphatic rings. The molecular formula is C10H11ClOS. The summed E-state index contributed by atoms with van der Waals surface area (Å²) in [5, 5.41) is 0.716. The second kappa shape index (κ2) is 4.16. The number of aldehydes is 1. The lowest BCUT2D eigenvalue weighted by Gasteiger charge is -2.15. The van der Waals surface area contributed by atoms with Gasteiger partial charge < -0.3 is 4.79 Å². The van der Waals surface area contributed by atoms with E-state index in [0.29, 0.717) is 5.02 Å². The van der Waals surface area contributed by atoms with Gasteiger partial charge in [-0.25, -0.2) is 0 Å². The summed E-state index contributed by atoms with van der Waals surface area (Å²) in [4.78, 5) is 11.7. The molecule has 0 N–H and O–H groups in total. The van der Waals surface area contributed by atoms with Gasteiger partial charge in [0, 0.05) is 9.92 Å². The molecule has 13 heavy (non-hydrogen) atoms. The van der Waals surface area contributed by atoms with E-state index in [2.05, 4.69) is 0 Å². The van der Waals surface area contributed by atoms with Gasteiger partial charge in [-0.2, -0.15) is 0 Å². The van der Waals surface area contributed by atoms with Gasteiger partial charge in [0.2, 0.25) is 0 Å². The fourth-order valence-electron chi connectivity index (χ4n) is 0.830. The van der Waals surface area contributed by atoms with Crippen LogP contribution in [0, 0.1) is 0 Å². The largest absolute Gasteiger partial charge is 0.302 e. The molecule has 1 aromatic carbocycles. The summed E-state index contributed by atoms with van der Waals surface area (Å²) in [6.45, 7) is 3.78. The first kappa shape index (κ1) is 10.6. The van der Waals surface area contributed by atoms with Crippen molar-refractivity contribution in [1.29, 1.82) is 0 Å². The molecule has 0 heterocycles. The smallest absolute Gasteiger partial charge is 0.135 e. The second-order valence-corrected chi connectivity index (χ2v) is 5.44. The van der Waals surface area contributed by atoms with Crippen molar-refractivity contribution in [2.75, 3.05) is 0 Å². The zero-order chi connectivity index (χ0) is 9.90. The molecule has 70 valence electrons. The summed E-state index contributed by atoms with van der Waals surface area (Å²) in [6.07, 6.45) is 0.951. The number of halogens is 1. The molecule has 0 bridgehead atoms. The van der Waals surface area contributed by atoms with Gasteiger partial charge in [-0.3, -0.25) is 0 Å². The maximum absolute atomic E-state index is 10.7. The van der Waals surface area contributed by atoms with Crippen LogP contribution in [0.25, 0.3) is 0 Å². The Bertz CT molecular complexity index is 292. The van der Waals surface area contributed by atoms with Crippen molar-refractivity contribution in [2.45, 2.75) is 23.5 Å². The van der Waals surface area contributed by atoms with Gasteiger partial charge in [0.25, 0.3) is 0 Å². The van der Waals surface area contributed by atoms with Crippen LogP contribution in [0.2, 0.25) is 5.02 Å². The van der Waals surface area contributed by atoms with E-state index in [1.165, 1.54) is 11.8 Å². The van der Waals surface area contributed by atoms with Crippen molar-refractivity contribution < 1.29 is 4.79 Å². The topological polar surface area (TPSA) is 17.1 Å². The van der Waals surface area contributed by atoms with Crippen LogP contribution < -0.4 is 0 Å². The van der Waals surface area contributed by atoms with Crippen LogP contribution in [0.15, 0.2) is 29.2 Å². The van der Waals surface area contributed by atoms with Crippen LogP contribution in [0.5, 0.6) is 0 Å². The van der Waals surface area contributed by atoms with Gasteiger partial charge in [-0.05, 0) is 38.1 Å². The number of rotatable bonds is 3. The lowest BCUT2D eigenvalue weighted by molar-refractivity contribution is -0.109. The molecule has 1 aromatic rings. The summed E-state index contributed by atoms with van der Waals surface area (Å²) in [7, 11) is 0. The normalized spacial score (nSPS) is 11.3. The maximum Gasteiger partial charge on any atom is 0.135 e. The number of thioether (sulfide) groups is 1. The van der Waals surface area contributed by atoms with E-state index >= 15 is 0 Å². The summed E-state index contributed by atoms with van der Waals surface area (Å²) < 4.78 is -0.367. The van der Waals surface area contributed by atoms with Gasteiger partial charge in [-0.1, -0.05) is 11.6 Å². The molecule has 0 radical (unpaired) electrons. The Morgan fingerprint density at radius 2 is 1.85 bits per heavy atom. The minimum absolute atomic E-state index is 0.367. The highest BCUT2D eigenvalue weighted by atomic mass is 35.5. The SMILES string of the molecule is CC(C)(C=O)Sc1ccc(Cl)cc1. The molecule has 0 fully saturated rings. The zero-order valence-corrected chi connectivity index (χ0v) is 9.15. The number of carbonyl (C=O) groups is 1. The van der Waals surface area contributed by atoms with Crippen molar-refractivity contribution >= 4 is 29.6 Å². The standard InChI is InChI=1S/C10H11ClOS/c1-10(2,7-12)13-9-5-3-8(11)4-6-9/h3-7H,1-2H3. The lowest BCUT2D eigenvalue weighted by atomic mass is 10.2. The zero-order valence-electron chi connectivity index (χ0n) is 7.58. The highest BCUT2D eigenvalue weighted by molar-refractivity contribution is 8.01. The fraction of sp³-hybridized carbons (Fsp3) is 0.300. The average Bonchev–Trinajstić information content (AvgIpc) is 2.09. The number of carbonyl (C=O) groups excluding carboxylic acids is 1. The summed E-state index contributed by atoms with van der Waals surface area (Å²) in [5.41, 5.74) is 0. The highest BCUT2D eigenvalue weighted by Gasteiger charge is 2.17. The van der Waals surface area contributed by atoms with E-state index in [1.54, 1.807) is 0 Å². The molecule has 0 atom stereocenters. The van der Waals surface area contributed by atoms with E-state index in [1.807, 2.05) is 38.1 Å². The molecular weight excluding hydrogens is 204 g/mol. The third-order valence-corrected chi connectivity index (χ3v) is 2.86. The Morgan fingerprint density at radius 1 is 1.31 bits per heavy atom. The molecule has 0 saturated heterocycles. The van der Waals surface area contributed by atoms with Crippen LogP contribution >= 0.6 is 23.4 Å². The summed E-state index contributed by atoms with van der Waals surface area (Å²) in [6, 6.07) is 7.48. The molecule has 0 unspecified atom stereocenters. The van der Waals surface area contributed by atoms with Gasteiger partial charge in [0.1, 0.15) is 6.29 Å². The Balaban J connectivity index is 2.75. The van der Waals surface area contributed by atoms with E-state index < -0.39 is 0 Å². The number of hydrogen-bond donors (Lipinski definition) is 0. The molecule has 0 saturated carbocycles. The molecule has 0 spiro atoms. The quantitative estimate of drug-likeness (QED) is 0.567. The number of hydrogen-bond acceptors (Lipinski definition) is 2. The van der Waals surface area contributed by atoms with Crippen LogP contribution in [-0.2, 0) is 4.79 Å². The Hall–Kier alpha value is -0.470. The average molecular weight is 215 g/mol. The third-order valence-electron chi connectivity index (χ3n) is 1.48. The molecule has 0 aromatic heterocycles. The van der Waals surface area contributed by atoms with Gasteiger partial charge in [-0.15, -0.1) is 11.8 Å². The fourth-order valence-corrected chi connectivity index (χ4v) is 1.88. The molecule has 0 amide bonds. The predicted octanol–water partition coefficient (Wildman–Crippen LogP) is 3.41. The van der Waals surface area contributed by atoms with Crippen molar-refractivity contribution in [3.63, 3.8) is 0 Å². The van der Waals surface area contributed by atoms with Crippen LogP contribution in [-0.4, -0.2) is 11.0 Å². The second-order valence-electron chi connectivity index (χ2n) is 3.28. The predicted molar refractivity (Wildman–Crippen MR) is 57.5 cm³/mol. The van der Waals surface area contributed by atoms with Crippen molar-refractivity contribution in [3.05, 3.63) is 29.3 Å². The monoisotopic (exact) mass is 214 g/mol. The van der Waals surface area contributed by atoms with Gasteiger partial charge in [0.15, 0.2) is 0 Å². The van der Waals surface area contributed by atoms with Crippen molar-refractivity contribution in [3.8, 4) is 0 Å². The van der Waals surface area contributed by atoms with Crippen molar-refractivity contribution in [1.82, 2.24) is 0 Å². The third kappa shape index (κ3) is 3.41. The van der Waals surface area contributed by atoms with E-state index in [0.717, 1.165) is 11.2 Å². The van der Waals surface area contributed by atoms with E-state index in [9.17, 15) is 4.79 Å². The first-order valence-corrected chi connectivity index (χ1v) is 5.14. The molecule has 1 nitrogen and oxygen atoms in total.